The lowest BCUT2D eigenvalue weighted by molar-refractivity contribution is 0.674. The maximum absolute atomic E-state index is 5.21. The smallest absolute Gasteiger partial charge is 0.141 e. The number of furan rings is 2. The first-order valence-corrected chi connectivity index (χ1v) is 3.41. The van der Waals surface area contributed by atoms with Crippen molar-refractivity contribution in [1.82, 2.24) is 0 Å². The van der Waals surface area contributed by atoms with Gasteiger partial charge < -0.3 is 4.42 Å². The molecule has 0 aromatic carbocycles. The van der Waals surface area contributed by atoms with Crippen LogP contribution in [-0.2, 0) is 0 Å². The van der Waals surface area contributed by atoms with E-state index in [0.29, 0.717) is 0 Å². The third-order valence-corrected chi connectivity index (χ3v) is 1.97. The maximum atomic E-state index is 5.21. The van der Waals surface area contributed by atoms with Crippen molar-refractivity contribution in [2.45, 2.75) is 0 Å². The molecule has 0 N–H and O–H groups in total. The van der Waals surface area contributed by atoms with Gasteiger partial charge in [0.15, 0.2) is 0 Å². The van der Waals surface area contributed by atoms with E-state index in [1.165, 1.54) is 3.57 Å². The zero-order valence-corrected chi connectivity index (χ0v) is 6.18. The van der Waals surface area contributed by atoms with Gasteiger partial charge in [0.2, 0.25) is 0 Å². The minimum Gasteiger partial charge on any atom is -0.456 e. The molecule has 0 spiro atoms. The summed E-state index contributed by atoms with van der Waals surface area (Å²) in [5.41, 5.74) is 1.98. The lowest BCUT2D eigenvalue weighted by Gasteiger charge is -1.73. The molecular weight excluding hydrogens is 215 g/mol. The second-order valence-electron chi connectivity index (χ2n) is 1.69. The summed E-state index contributed by atoms with van der Waals surface area (Å²) in [7, 11) is 0. The molecule has 1 nitrogen and oxygen atoms in total. The molecule has 2 aromatic heterocycles. The fourth-order valence-electron chi connectivity index (χ4n) is 0.755. The van der Waals surface area contributed by atoms with Gasteiger partial charge in [-0.3, -0.25) is 0 Å². The molecule has 0 amide bonds. The monoisotopic (exact) mass is 218 g/mol. The van der Waals surface area contributed by atoms with Crippen molar-refractivity contribution < 1.29 is 4.42 Å². The summed E-state index contributed by atoms with van der Waals surface area (Å²) in [5.74, 6) is 0. The molecule has 0 aliphatic heterocycles. The first-order valence-electron chi connectivity index (χ1n) is 2.34. The standard InChI is InChI=1S/C6H3IO/c7-5-3-4-1-2-6(5)8-4/h1-3H. The zero-order valence-electron chi connectivity index (χ0n) is 4.02. The number of benzene rings is 1. The van der Waals surface area contributed by atoms with Gasteiger partial charge in [0.25, 0.3) is 0 Å². The maximum Gasteiger partial charge on any atom is 0.141 e. The summed E-state index contributed by atoms with van der Waals surface area (Å²) < 4.78 is 6.42. The van der Waals surface area contributed by atoms with Gasteiger partial charge in [-0.1, -0.05) is 0 Å². The summed E-state index contributed by atoms with van der Waals surface area (Å²) in [4.78, 5) is 0. The molecule has 0 radical (unpaired) electrons. The highest BCUT2D eigenvalue weighted by atomic mass is 127. The number of hydrogen-bond donors (Lipinski definition) is 0. The summed E-state index contributed by atoms with van der Waals surface area (Å²) in [6.45, 7) is 0. The lowest BCUT2D eigenvalue weighted by Crippen LogP contribution is -1.58. The molecule has 0 atom stereocenters. The molecule has 2 heteroatoms. The zero-order chi connectivity index (χ0) is 5.56. The van der Waals surface area contributed by atoms with Crippen LogP contribution in [0.5, 0.6) is 0 Å². The van der Waals surface area contributed by atoms with Gasteiger partial charge in [-0.2, -0.15) is 0 Å². The molecule has 40 valence electrons. The fourth-order valence-corrected chi connectivity index (χ4v) is 1.35. The predicted molar refractivity (Wildman–Crippen MR) is 40.1 cm³/mol. The van der Waals surface area contributed by atoms with Gasteiger partial charge in [0.05, 0.1) is 3.57 Å². The molecule has 0 aliphatic carbocycles. The first kappa shape index (κ1) is 4.61. The Morgan fingerprint density at radius 1 is 1.38 bits per heavy atom. The van der Waals surface area contributed by atoms with Crippen LogP contribution in [0.3, 0.4) is 0 Å². The predicted octanol–water partition coefficient (Wildman–Crippen LogP) is 2.48. The number of fused-ring (bicyclic) bond motifs is 2. The largest absolute Gasteiger partial charge is 0.456 e. The van der Waals surface area contributed by atoms with Crippen LogP contribution in [0.25, 0.3) is 11.2 Å². The van der Waals surface area contributed by atoms with E-state index in [2.05, 4.69) is 22.6 Å². The fraction of sp³-hybridized carbons (Fsp3) is 0. The Bertz CT molecular complexity index is 286. The van der Waals surface area contributed by atoms with Crippen molar-refractivity contribution >= 4 is 33.8 Å². The molecule has 0 saturated heterocycles. The topological polar surface area (TPSA) is 13.1 Å². The highest BCUT2D eigenvalue weighted by Gasteiger charge is 2.00. The van der Waals surface area contributed by atoms with Crippen molar-refractivity contribution in [2.24, 2.45) is 0 Å². The van der Waals surface area contributed by atoms with E-state index in [4.69, 9.17) is 4.42 Å². The Balaban J connectivity index is 3.02. The van der Waals surface area contributed by atoms with E-state index in [0.717, 1.165) is 11.2 Å². The van der Waals surface area contributed by atoms with Crippen molar-refractivity contribution in [3.05, 3.63) is 21.8 Å². The quantitative estimate of drug-likeness (QED) is 0.619. The number of halogens is 1. The normalized spacial score (nSPS) is 11.1. The van der Waals surface area contributed by atoms with Gasteiger partial charge in [0.1, 0.15) is 11.2 Å². The Morgan fingerprint density at radius 3 is 2.50 bits per heavy atom. The van der Waals surface area contributed by atoms with E-state index in [1.54, 1.807) is 0 Å². The second-order valence-corrected chi connectivity index (χ2v) is 2.86. The molecule has 0 unspecified atom stereocenters. The number of rotatable bonds is 0. The molecule has 0 saturated carbocycles. The Hall–Kier alpha value is -0.250. The molecule has 2 heterocycles. The van der Waals surface area contributed by atoms with Gasteiger partial charge in [-0.15, -0.1) is 0 Å². The van der Waals surface area contributed by atoms with E-state index in [9.17, 15) is 0 Å². The van der Waals surface area contributed by atoms with Gasteiger partial charge in [0, 0.05) is 0 Å². The molecule has 2 rings (SSSR count). The highest BCUT2D eigenvalue weighted by molar-refractivity contribution is 14.1. The van der Waals surface area contributed by atoms with Crippen molar-refractivity contribution in [3.8, 4) is 0 Å². The van der Waals surface area contributed by atoms with Gasteiger partial charge in [-0.05, 0) is 40.8 Å². The van der Waals surface area contributed by atoms with Crippen molar-refractivity contribution in [1.29, 1.82) is 0 Å². The van der Waals surface area contributed by atoms with Crippen molar-refractivity contribution in [3.63, 3.8) is 0 Å². The summed E-state index contributed by atoms with van der Waals surface area (Å²) in [6, 6.07) is 5.98. The Kier molecular flexibility index (Phi) is 0.791. The van der Waals surface area contributed by atoms with Crippen LogP contribution in [0, 0.1) is 3.57 Å². The average Bonchev–Trinajstić information content (AvgIpc) is 2.23. The van der Waals surface area contributed by atoms with Crippen LogP contribution < -0.4 is 0 Å². The van der Waals surface area contributed by atoms with E-state index in [1.807, 2.05) is 18.2 Å². The van der Waals surface area contributed by atoms with Crippen molar-refractivity contribution in [2.75, 3.05) is 0 Å². The molecular formula is C6H3IO. The van der Waals surface area contributed by atoms with Crippen LogP contribution in [0.15, 0.2) is 22.6 Å². The highest BCUT2D eigenvalue weighted by Crippen LogP contribution is 2.22. The van der Waals surface area contributed by atoms with Crippen LogP contribution >= 0.6 is 22.6 Å². The van der Waals surface area contributed by atoms with Crippen LogP contribution in [0.1, 0.15) is 0 Å². The summed E-state index contributed by atoms with van der Waals surface area (Å²) in [6.07, 6.45) is 0. The SMILES string of the molecule is Ic1cc2ccc1o2. The minimum atomic E-state index is 0.976. The van der Waals surface area contributed by atoms with Crippen LogP contribution in [0.4, 0.5) is 0 Å². The van der Waals surface area contributed by atoms with E-state index in [-0.39, 0.29) is 0 Å². The third-order valence-electron chi connectivity index (χ3n) is 1.13. The first-order chi connectivity index (χ1) is 3.86. The Labute approximate surface area is 60.1 Å². The molecule has 8 heavy (non-hydrogen) atoms. The average molecular weight is 218 g/mol. The molecule has 0 fully saturated rings. The summed E-state index contributed by atoms with van der Waals surface area (Å²) in [5, 5.41) is 0. The van der Waals surface area contributed by atoms with Crippen LogP contribution in [0.2, 0.25) is 0 Å². The number of hydrogen-bond acceptors (Lipinski definition) is 1. The molecule has 2 bridgehead atoms. The van der Waals surface area contributed by atoms with E-state index >= 15 is 0 Å². The Morgan fingerprint density at radius 2 is 2.25 bits per heavy atom. The third kappa shape index (κ3) is 0.462. The molecule has 2 aromatic rings. The minimum absolute atomic E-state index is 0.976. The van der Waals surface area contributed by atoms with Crippen LogP contribution in [-0.4, -0.2) is 0 Å². The summed E-state index contributed by atoms with van der Waals surface area (Å²) >= 11 is 2.25. The second kappa shape index (κ2) is 1.37. The van der Waals surface area contributed by atoms with E-state index < -0.39 is 0 Å². The lowest BCUT2D eigenvalue weighted by atomic mass is 10.4. The van der Waals surface area contributed by atoms with Gasteiger partial charge >= 0.3 is 0 Å². The van der Waals surface area contributed by atoms with Gasteiger partial charge in [-0.25, -0.2) is 0 Å². The molecule has 0 aliphatic rings.